The first-order chi connectivity index (χ1) is 16.4. The van der Waals surface area contributed by atoms with Crippen LogP contribution in [0.25, 0.3) is 0 Å². The molecule has 1 amide bonds. The first-order valence-corrected chi connectivity index (χ1v) is 9.96. The fourth-order valence-corrected chi connectivity index (χ4v) is 3.38. The summed E-state index contributed by atoms with van der Waals surface area (Å²) in [7, 11) is 1.31. The van der Waals surface area contributed by atoms with Crippen LogP contribution in [0.4, 0.5) is 27.9 Å². The Kier molecular flexibility index (Phi) is 7.92. The van der Waals surface area contributed by atoms with Crippen molar-refractivity contribution in [2.24, 2.45) is 0 Å². The number of benzene rings is 1. The summed E-state index contributed by atoms with van der Waals surface area (Å²) in [5.41, 5.74) is 5.47. The SMILES string of the molecule is COc1nc(N)ncc1C#Cc1cc(C(=O)N[C@H]2C[C@H](OC(F)(F)F)C[C@@H]2O)ccc1OC(F)F. The van der Waals surface area contributed by atoms with Gasteiger partial charge in [-0.25, -0.2) is 4.98 Å². The Labute approximate surface area is 195 Å². The maximum atomic E-state index is 12.8. The number of nitrogens with zero attached hydrogens (tertiary/aromatic N) is 2. The maximum Gasteiger partial charge on any atom is 0.522 e. The molecule has 1 aromatic heterocycles. The number of nitrogens with one attached hydrogen (secondary N) is 1. The smallest absolute Gasteiger partial charge is 0.480 e. The summed E-state index contributed by atoms with van der Waals surface area (Å²) < 4.78 is 76.4. The molecule has 1 aliphatic carbocycles. The zero-order valence-corrected chi connectivity index (χ0v) is 18.0. The number of carbonyl (C=O) groups is 1. The van der Waals surface area contributed by atoms with Crippen molar-refractivity contribution in [1.29, 1.82) is 0 Å². The predicted molar refractivity (Wildman–Crippen MR) is 109 cm³/mol. The van der Waals surface area contributed by atoms with Gasteiger partial charge in [0, 0.05) is 12.0 Å². The molecule has 0 radical (unpaired) electrons. The van der Waals surface area contributed by atoms with Crippen molar-refractivity contribution in [1.82, 2.24) is 15.3 Å². The molecule has 3 atom stereocenters. The number of anilines is 1. The van der Waals surface area contributed by atoms with Crippen LogP contribution < -0.4 is 20.5 Å². The van der Waals surface area contributed by atoms with Crippen molar-refractivity contribution in [3.05, 3.63) is 41.1 Å². The molecule has 0 unspecified atom stereocenters. The van der Waals surface area contributed by atoms with Crippen molar-refractivity contribution in [3.63, 3.8) is 0 Å². The van der Waals surface area contributed by atoms with Crippen molar-refractivity contribution in [2.75, 3.05) is 12.8 Å². The minimum absolute atomic E-state index is 0.0288. The third-order valence-electron chi connectivity index (χ3n) is 4.86. The van der Waals surface area contributed by atoms with E-state index in [1.807, 2.05) is 0 Å². The lowest BCUT2D eigenvalue weighted by Gasteiger charge is -2.17. The number of methoxy groups -OCH3 is 1. The van der Waals surface area contributed by atoms with E-state index in [1.54, 1.807) is 0 Å². The van der Waals surface area contributed by atoms with Gasteiger partial charge in [0.15, 0.2) is 0 Å². The molecule has 0 bridgehead atoms. The van der Waals surface area contributed by atoms with Gasteiger partial charge in [-0.15, -0.1) is 13.2 Å². The number of alkyl halides is 5. The second kappa shape index (κ2) is 10.7. The Morgan fingerprint density at radius 3 is 2.63 bits per heavy atom. The predicted octanol–water partition coefficient (Wildman–Crippen LogP) is 2.23. The number of aliphatic hydroxyl groups is 1. The minimum atomic E-state index is -4.88. The molecule has 1 aliphatic rings. The van der Waals surface area contributed by atoms with E-state index in [2.05, 4.69) is 36.6 Å². The number of hydrogen-bond donors (Lipinski definition) is 3. The Morgan fingerprint density at radius 1 is 1.26 bits per heavy atom. The van der Waals surface area contributed by atoms with E-state index in [-0.39, 0.29) is 47.1 Å². The van der Waals surface area contributed by atoms with Gasteiger partial charge in [-0.3, -0.25) is 9.53 Å². The van der Waals surface area contributed by atoms with Gasteiger partial charge in [0.2, 0.25) is 11.8 Å². The number of ether oxygens (including phenoxy) is 3. The number of hydrogen-bond acceptors (Lipinski definition) is 8. The molecular formula is C21H19F5N4O5. The van der Waals surface area contributed by atoms with Crippen LogP contribution in [0.5, 0.6) is 11.6 Å². The summed E-state index contributed by atoms with van der Waals surface area (Å²) >= 11 is 0. The summed E-state index contributed by atoms with van der Waals surface area (Å²) in [6, 6.07) is 2.38. The van der Waals surface area contributed by atoms with Gasteiger partial charge in [0.25, 0.3) is 5.91 Å². The van der Waals surface area contributed by atoms with Crippen LogP contribution >= 0.6 is 0 Å². The number of amides is 1. The van der Waals surface area contributed by atoms with E-state index in [0.29, 0.717) is 0 Å². The van der Waals surface area contributed by atoms with Crippen LogP contribution in [0, 0.1) is 11.8 Å². The molecule has 188 valence electrons. The van der Waals surface area contributed by atoms with E-state index >= 15 is 0 Å². The molecule has 0 saturated heterocycles. The second-order valence-electron chi connectivity index (χ2n) is 7.29. The van der Waals surface area contributed by atoms with E-state index in [4.69, 9.17) is 10.5 Å². The lowest BCUT2D eigenvalue weighted by molar-refractivity contribution is -0.342. The first kappa shape index (κ1) is 25.9. The molecule has 4 N–H and O–H groups in total. The van der Waals surface area contributed by atoms with Gasteiger partial charge in [0.05, 0.1) is 37.1 Å². The Hall–Kier alpha value is -3.70. The minimum Gasteiger partial charge on any atom is -0.480 e. The van der Waals surface area contributed by atoms with Crippen molar-refractivity contribution < 1.29 is 46.1 Å². The fourth-order valence-electron chi connectivity index (χ4n) is 3.38. The lowest BCUT2D eigenvalue weighted by Crippen LogP contribution is -2.40. The third-order valence-corrected chi connectivity index (χ3v) is 4.86. The van der Waals surface area contributed by atoms with Crippen molar-refractivity contribution in [2.45, 2.75) is 44.1 Å². The van der Waals surface area contributed by atoms with E-state index in [0.717, 1.165) is 18.2 Å². The highest BCUT2D eigenvalue weighted by Crippen LogP contribution is 2.30. The average Bonchev–Trinajstić information content (AvgIpc) is 3.09. The summed E-state index contributed by atoms with van der Waals surface area (Å²) in [6.07, 6.45) is -6.83. The van der Waals surface area contributed by atoms with Crippen LogP contribution in [0.1, 0.15) is 34.3 Å². The largest absolute Gasteiger partial charge is 0.522 e. The van der Waals surface area contributed by atoms with Gasteiger partial charge >= 0.3 is 13.0 Å². The summed E-state index contributed by atoms with van der Waals surface area (Å²) in [5, 5.41) is 12.4. The molecular weight excluding hydrogens is 483 g/mol. The number of aliphatic hydroxyl groups excluding tert-OH is 1. The molecule has 1 aromatic carbocycles. The number of aromatic nitrogens is 2. The molecule has 3 rings (SSSR count). The topological polar surface area (TPSA) is 129 Å². The Morgan fingerprint density at radius 2 is 1.97 bits per heavy atom. The highest BCUT2D eigenvalue weighted by molar-refractivity contribution is 5.95. The number of carbonyl (C=O) groups excluding carboxylic acids is 1. The number of halogens is 5. The third kappa shape index (κ3) is 7.14. The Balaban J connectivity index is 1.83. The molecule has 14 heteroatoms. The normalized spacial score (nSPS) is 19.7. The first-order valence-electron chi connectivity index (χ1n) is 9.96. The van der Waals surface area contributed by atoms with Gasteiger partial charge in [-0.1, -0.05) is 11.8 Å². The molecule has 0 spiro atoms. The quantitative estimate of drug-likeness (QED) is 0.405. The van der Waals surface area contributed by atoms with Gasteiger partial charge in [0.1, 0.15) is 11.3 Å². The average molecular weight is 502 g/mol. The van der Waals surface area contributed by atoms with Gasteiger partial charge < -0.3 is 25.6 Å². The van der Waals surface area contributed by atoms with Gasteiger partial charge in [-0.2, -0.15) is 13.8 Å². The number of nitrogen functional groups attached to an aromatic ring is 1. The van der Waals surface area contributed by atoms with E-state index in [9.17, 15) is 31.9 Å². The number of nitrogens with two attached hydrogens (primary N) is 1. The highest BCUT2D eigenvalue weighted by atomic mass is 19.4. The summed E-state index contributed by atoms with van der Waals surface area (Å²) in [5.74, 6) is 4.04. The van der Waals surface area contributed by atoms with Crippen LogP contribution in [0.15, 0.2) is 24.4 Å². The molecule has 0 aliphatic heterocycles. The summed E-state index contributed by atoms with van der Waals surface area (Å²) in [6.45, 7) is -3.18. The van der Waals surface area contributed by atoms with Crippen molar-refractivity contribution >= 4 is 11.9 Å². The summed E-state index contributed by atoms with van der Waals surface area (Å²) in [4.78, 5) is 20.3. The Bertz CT molecular complexity index is 1140. The maximum absolute atomic E-state index is 12.8. The van der Waals surface area contributed by atoms with E-state index in [1.165, 1.54) is 13.3 Å². The van der Waals surface area contributed by atoms with Crippen LogP contribution in [-0.2, 0) is 4.74 Å². The zero-order chi connectivity index (χ0) is 25.8. The fraction of sp³-hybridized carbons (Fsp3) is 0.381. The van der Waals surface area contributed by atoms with Crippen LogP contribution in [0.3, 0.4) is 0 Å². The molecule has 9 nitrogen and oxygen atoms in total. The standard InChI is InChI=1S/C21H19F5N4O5/c1-33-18-12(9-28-20(27)30-18)3-2-10-6-11(4-5-16(10)34-19(22)23)17(32)29-14-7-13(8-15(14)31)35-21(24,25)26/h4-6,9,13-15,19,31H,7-8H2,1H3,(H,29,32)(H2,27,28,30)/t13-,14-,15-/m0/s1. The monoisotopic (exact) mass is 502 g/mol. The lowest BCUT2D eigenvalue weighted by atomic mass is 10.1. The van der Waals surface area contributed by atoms with Crippen molar-refractivity contribution in [3.8, 4) is 23.5 Å². The molecule has 35 heavy (non-hydrogen) atoms. The van der Waals surface area contributed by atoms with Crippen LogP contribution in [0.2, 0.25) is 0 Å². The number of rotatable bonds is 6. The molecule has 2 aromatic rings. The zero-order valence-electron chi connectivity index (χ0n) is 18.0. The van der Waals surface area contributed by atoms with Gasteiger partial charge in [-0.05, 0) is 24.6 Å². The second-order valence-corrected chi connectivity index (χ2v) is 7.29. The van der Waals surface area contributed by atoms with Crippen LogP contribution in [-0.4, -0.2) is 59.3 Å². The highest BCUT2D eigenvalue weighted by Gasteiger charge is 2.41. The molecule has 1 heterocycles. The molecule has 1 saturated carbocycles. The molecule has 1 fully saturated rings. The van der Waals surface area contributed by atoms with E-state index < -0.39 is 37.1 Å².